The number of aromatic amines is 1. The topological polar surface area (TPSA) is 133 Å². The number of nitrogens with zero attached hydrogens (tertiary/aromatic N) is 4. The van der Waals surface area contributed by atoms with Gasteiger partial charge in [0.1, 0.15) is 17.2 Å². The highest BCUT2D eigenvalue weighted by Crippen LogP contribution is 2.36. The number of pyridine rings is 2. The van der Waals surface area contributed by atoms with E-state index in [0.29, 0.717) is 16.4 Å². The molecule has 1 aliphatic heterocycles. The van der Waals surface area contributed by atoms with Gasteiger partial charge in [-0.2, -0.15) is 18.3 Å². The van der Waals surface area contributed by atoms with Crippen LogP contribution in [0.1, 0.15) is 16.9 Å². The average molecular weight is 548 g/mol. The van der Waals surface area contributed by atoms with Crippen molar-refractivity contribution >= 4 is 40.8 Å². The van der Waals surface area contributed by atoms with E-state index in [1.807, 2.05) is 0 Å². The second kappa shape index (κ2) is 11.0. The monoisotopic (exact) mass is 547 g/mol. The number of likely N-dealkylation sites (tertiary alicyclic amines) is 1. The van der Waals surface area contributed by atoms with Gasteiger partial charge in [0.2, 0.25) is 11.8 Å². The smallest absolute Gasteiger partial charge is 0.338 e. The molecule has 1 aliphatic rings. The molecule has 2 unspecified atom stereocenters. The molecule has 0 bridgehead atoms. The first-order valence-corrected chi connectivity index (χ1v) is 11.7. The van der Waals surface area contributed by atoms with E-state index in [1.54, 1.807) is 12.1 Å². The molecule has 0 saturated carbocycles. The molecule has 3 N–H and O–H groups in total. The number of halogens is 4. The summed E-state index contributed by atoms with van der Waals surface area (Å²) in [5, 5.41) is 12.0. The van der Waals surface area contributed by atoms with E-state index >= 15 is 0 Å². The van der Waals surface area contributed by atoms with Gasteiger partial charge in [-0.05, 0) is 36.8 Å². The molecular weight excluding hydrogens is 527 g/mol. The lowest BCUT2D eigenvalue weighted by atomic mass is 9.88. The Bertz CT molecular complexity index is 1360. The Balaban J connectivity index is 1.40. The zero-order chi connectivity index (χ0) is 27.4. The van der Waals surface area contributed by atoms with Crippen molar-refractivity contribution < 1.29 is 27.6 Å². The van der Waals surface area contributed by atoms with Crippen LogP contribution in [0.4, 0.5) is 24.7 Å². The van der Waals surface area contributed by atoms with Gasteiger partial charge in [-0.25, -0.2) is 9.97 Å². The molecule has 4 heterocycles. The molecule has 2 atom stereocenters. The van der Waals surface area contributed by atoms with Gasteiger partial charge >= 0.3 is 6.18 Å². The van der Waals surface area contributed by atoms with E-state index in [0.717, 1.165) is 11.0 Å². The van der Waals surface area contributed by atoms with Crippen LogP contribution in [-0.4, -0.2) is 62.1 Å². The molecule has 0 aromatic carbocycles. The molecule has 0 spiro atoms. The molecule has 0 aliphatic carbocycles. The Morgan fingerprint density at radius 2 is 1.92 bits per heavy atom. The van der Waals surface area contributed by atoms with Crippen molar-refractivity contribution in [2.24, 2.45) is 11.8 Å². The lowest BCUT2D eigenvalue weighted by molar-refractivity contribution is -0.192. The molecule has 4 rings (SSSR count). The molecular formula is C24H21ClF3N7O3. The number of hydrogen-bond acceptors (Lipinski definition) is 6. The largest absolute Gasteiger partial charge is 0.393 e. The summed E-state index contributed by atoms with van der Waals surface area (Å²) in [6, 6.07) is 7.62. The summed E-state index contributed by atoms with van der Waals surface area (Å²) in [4.78, 5) is 46.6. The van der Waals surface area contributed by atoms with Gasteiger partial charge < -0.3 is 15.5 Å². The highest BCUT2D eigenvalue weighted by molar-refractivity contribution is 6.32. The molecule has 1 saturated heterocycles. The van der Waals surface area contributed by atoms with Gasteiger partial charge in [-0.1, -0.05) is 24.2 Å². The number of aromatic nitrogens is 4. The lowest BCUT2D eigenvalue weighted by Crippen LogP contribution is -2.50. The summed E-state index contributed by atoms with van der Waals surface area (Å²) in [7, 11) is 0. The minimum atomic E-state index is -4.56. The van der Waals surface area contributed by atoms with Crippen molar-refractivity contribution in [2.45, 2.75) is 12.6 Å². The van der Waals surface area contributed by atoms with Gasteiger partial charge in [0.25, 0.3) is 5.91 Å². The fraction of sp³-hybridized carbons (Fsp3) is 0.250. The second-order valence-corrected chi connectivity index (χ2v) is 8.90. The summed E-state index contributed by atoms with van der Waals surface area (Å²) in [5.74, 6) is -4.68. The first-order valence-electron chi connectivity index (χ1n) is 11.3. The number of anilines is 2. The van der Waals surface area contributed by atoms with Crippen LogP contribution in [0.2, 0.25) is 5.02 Å². The Hall–Kier alpha value is -4.26. The number of amides is 3. The first-order chi connectivity index (χ1) is 18.0. The predicted molar refractivity (Wildman–Crippen MR) is 132 cm³/mol. The zero-order valence-corrected chi connectivity index (χ0v) is 20.4. The van der Waals surface area contributed by atoms with Crippen LogP contribution < -0.4 is 10.6 Å². The quantitative estimate of drug-likeness (QED) is 0.401. The number of nitrogens with one attached hydrogen (secondary N) is 3. The minimum absolute atomic E-state index is 0.0856. The lowest BCUT2D eigenvalue weighted by Gasteiger charge is -2.37. The number of H-pyrrole nitrogens is 1. The van der Waals surface area contributed by atoms with Crippen molar-refractivity contribution in [3.63, 3.8) is 0 Å². The zero-order valence-electron chi connectivity index (χ0n) is 19.6. The third-order valence-corrected chi connectivity index (χ3v) is 6.16. The van der Waals surface area contributed by atoms with E-state index in [2.05, 4.69) is 37.4 Å². The molecule has 3 amide bonds. The van der Waals surface area contributed by atoms with E-state index in [4.69, 9.17) is 11.6 Å². The van der Waals surface area contributed by atoms with Crippen LogP contribution >= 0.6 is 11.6 Å². The average Bonchev–Trinajstić information content (AvgIpc) is 3.34. The van der Waals surface area contributed by atoms with Crippen LogP contribution in [0.3, 0.4) is 0 Å². The van der Waals surface area contributed by atoms with Gasteiger partial charge in [-0.3, -0.25) is 19.5 Å². The normalized spacial score (nSPS) is 17.5. The van der Waals surface area contributed by atoms with Gasteiger partial charge in [0.15, 0.2) is 0 Å². The summed E-state index contributed by atoms with van der Waals surface area (Å²) in [5.41, 5.74) is 1.16. The maximum atomic E-state index is 13.4. The fourth-order valence-electron chi connectivity index (χ4n) is 3.95. The second-order valence-electron chi connectivity index (χ2n) is 8.50. The van der Waals surface area contributed by atoms with Gasteiger partial charge in [-0.15, -0.1) is 0 Å². The minimum Gasteiger partial charge on any atom is -0.338 e. The summed E-state index contributed by atoms with van der Waals surface area (Å²) < 4.78 is 40.1. The van der Waals surface area contributed by atoms with Crippen LogP contribution in [0.25, 0.3) is 11.4 Å². The molecule has 3 aromatic heterocycles. The number of carbonyl (C=O) groups excluding carboxylic acids is 3. The Morgan fingerprint density at radius 1 is 1.13 bits per heavy atom. The molecule has 10 nitrogen and oxygen atoms in total. The number of rotatable bonds is 6. The van der Waals surface area contributed by atoms with Crippen LogP contribution in [-0.2, 0) is 9.59 Å². The molecule has 38 heavy (non-hydrogen) atoms. The SMILES string of the molecule is C=CC(=O)N1CC(C(=O)Nc2ccc(NC(=O)c3cccc(-c4[nH]ncc4Cl)n3)nc2)CC(C(F)(F)F)C1. The molecule has 1 fully saturated rings. The fourth-order valence-corrected chi connectivity index (χ4v) is 4.14. The molecule has 0 radical (unpaired) electrons. The van der Waals surface area contributed by atoms with Crippen LogP contribution in [0, 0.1) is 11.8 Å². The molecule has 198 valence electrons. The van der Waals surface area contributed by atoms with Crippen LogP contribution in [0.15, 0.2) is 55.4 Å². The molecule has 3 aromatic rings. The first kappa shape index (κ1) is 26.8. The number of carbonyl (C=O) groups is 3. The van der Waals surface area contributed by atoms with Crippen molar-refractivity contribution in [3.05, 3.63) is 66.1 Å². The number of hydrogen-bond donors (Lipinski definition) is 3. The molecule has 14 heteroatoms. The predicted octanol–water partition coefficient (Wildman–Crippen LogP) is 3.92. The van der Waals surface area contributed by atoms with Crippen molar-refractivity contribution in [2.75, 3.05) is 23.7 Å². The van der Waals surface area contributed by atoms with E-state index in [9.17, 15) is 27.6 Å². The van der Waals surface area contributed by atoms with Gasteiger partial charge in [0, 0.05) is 13.1 Å². The summed E-state index contributed by atoms with van der Waals surface area (Å²) >= 11 is 6.05. The highest BCUT2D eigenvalue weighted by atomic mass is 35.5. The van der Waals surface area contributed by atoms with Crippen molar-refractivity contribution in [3.8, 4) is 11.4 Å². The maximum absolute atomic E-state index is 13.4. The van der Waals surface area contributed by atoms with Crippen molar-refractivity contribution in [1.82, 2.24) is 25.1 Å². The highest BCUT2D eigenvalue weighted by Gasteiger charge is 2.46. The maximum Gasteiger partial charge on any atom is 0.393 e. The van der Waals surface area contributed by atoms with Crippen molar-refractivity contribution in [1.29, 1.82) is 0 Å². The number of alkyl halides is 3. The third-order valence-electron chi connectivity index (χ3n) is 5.87. The van der Waals surface area contributed by atoms with Gasteiger partial charge in [0.05, 0.1) is 40.6 Å². The van der Waals surface area contributed by atoms with E-state index < -0.39 is 48.7 Å². The standard InChI is InChI=1S/C24H21ClF3N7O3/c1-2-20(36)35-11-13(8-14(12-35)24(26,27)28)22(37)31-15-6-7-19(29-9-15)33-23(38)18-5-3-4-17(32-18)21-16(25)10-30-34-21/h2-7,9-10,13-14H,1,8,11-12H2,(H,30,34)(H,31,37)(H,29,33,38). The Morgan fingerprint density at radius 3 is 2.55 bits per heavy atom. The Labute approximate surface area is 219 Å². The summed E-state index contributed by atoms with van der Waals surface area (Å²) in [6.07, 6.45) is -1.43. The Kier molecular flexibility index (Phi) is 7.76. The summed E-state index contributed by atoms with van der Waals surface area (Å²) in [6.45, 7) is 2.61. The van der Waals surface area contributed by atoms with E-state index in [1.165, 1.54) is 30.6 Å². The third kappa shape index (κ3) is 6.17. The van der Waals surface area contributed by atoms with Crippen LogP contribution in [0.5, 0.6) is 0 Å². The number of piperidine rings is 1. The van der Waals surface area contributed by atoms with E-state index in [-0.39, 0.29) is 23.7 Å².